The molecule has 1 aromatic carbocycles. The predicted molar refractivity (Wildman–Crippen MR) is 74.2 cm³/mol. The molecular weight excluding hydrogens is 260 g/mol. The highest BCUT2D eigenvalue weighted by Crippen LogP contribution is 2.29. The average molecular weight is 278 g/mol. The molecule has 1 fully saturated rings. The maximum atomic E-state index is 11.2. The molecule has 1 aliphatic rings. The molecule has 20 heavy (non-hydrogen) atoms. The van der Waals surface area contributed by atoms with Crippen LogP contribution in [0.5, 0.6) is 5.75 Å². The number of carbonyl (C=O) groups excluding carboxylic acids is 1. The minimum atomic E-state index is -0.521. The SMILES string of the molecule is CC(=O)c1ccc(OCCN(C)C2CC2)c([N+](=O)[O-])c1. The van der Waals surface area contributed by atoms with Gasteiger partial charge in [-0.25, -0.2) is 0 Å². The van der Waals surface area contributed by atoms with Gasteiger partial charge < -0.3 is 9.64 Å². The minimum Gasteiger partial charge on any atom is -0.485 e. The molecule has 108 valence electrons. The van der Waals surface area contributed by atoms with Crippen LogP contribution in [-0.4, -0.2) is 41.8 Å². The highest BCUT2D eigenvalue weighted by Gasteiger charge is 2.26. The number of nitro groups is 1. The Morgan fingerprint density at radius 2 is 2.20 bits per heavy atom. The Labute approximate surface area is 117 Å². The molecule has 0 saturated heterocycles. The number of hydrogen-bond donors (Lipinski definition) is 0. The van der Waals surface area contributed by atoms with E-state index in [-0.39, 0.29) is 17.2 Å². The first-order valence-corrected chi connectivity index (χ1v) is 6.61. The number of carbonyl (C=O) groups is 1. The Bertz CT molecular complexity index is 526. The lowest BCUT2D eigenvalue weighted by atomic mass is 10.1. The maximum Gasteiger partial charge on any atom is 0.311 e. The summed E-state index contributed by atoms with van der Waals surface area (Å²) >= 11 is 0. The minimum absolute atomic E-state index is 0.160. The van der Waals surface area contributed by atoms with Gasteiger partial charge >= 0.3 is 5.69 Å². The number of hydrogen-bond acceptors (Lipinski definition) is 5. The first-order valence-electron chi connectivity index (χ1n) is 6.61. The third-order valence-electron chi connectivity index (χ3n) is 3.43. The van der Waals surface area contributed by atoms with Crippen molar-refractivity contribution < 1.29 is 14.5 Å². The van der Waals surface area contributed by atoms with Gasteiger partial charge in [-0.05, 0) is 38.9 Å². The van der Waals surface area contributed by atoms with Gasteiger partial charge in [-0.1, -0.05) is 0 Å². The second-order valence-corrected chi connectivity index (χ2v) is 5.06. The summed E-state index contributed by atoms with van der Waals surface area (Å²) in [5.74, 6) is 0.0114. The summed E-state index contributed by atoms with van der Waals surface area (Å²) in [5, 5.41) is 11.0. The number of nitro benzene ring substituents is 1. The van der Waals surface area contributed by atoms with Gasteiger partial charge in [0.1, 0.15) is 6.61 Å². The zero-order valence-corrected chi connectivity index (χ0v) is 11.7. The first-order chi connectivity index (χ1) is 9.49. The zero-order valence-electron chi connectivity index (χ0n) is 11.7. The van der Waals surface area contributed by atoms with Crippen molar-refractivity contribution in [1.29, 1.82) is 0 Å². The van der Waals surface area contributed by atoms with Crippen molar-refractivity contribution >= 4 is 11.5 Å². The van der Waals surface area contributed by atoms with Gasteiger partial charge in [0.15, 0.2) is 11.5 Å². The number of Topliss-reactive ketones (excluding diaryl/α,β-unsaturated/α-hetero) is 1. The lowest BCUT2D eigenvalue weighted by molar-refractivity contribution is -0.385. The number of likely N-dealkylation sites (N-methyl/N-ethyl adjacent to an activating group) is 1. The lowest BCUT2D eigenvalue weighted by Crippen LogP contribution is -2.26. The van der Waals surface area contributed by atoms with E-state index < -0.39 is 4.92 Å². The van der Waals surface area contributed by atoms with Gasteiger partial charge in [0.05, 0.1) is 4.92 Å². The summed E-state index contributed by atoms with van der Waals surface area (Å²) in [5.41, 5.74) is 0.158. The number of nitrogens with zero attached hydrogens (tertiary/aromatic N) is 2. The molecule has 0 radical (unpaired) electrons. The third kappa shape index (κ3) is 3.54. The van der Waals surface area contributed by atoms with Gasteiger partial charge in [0.25, 0.3) is 0 Å². The van der Waals surface area contributed by atoms with E-state index in [0.29, 0.717) is 18.2 Å². The molecule has 1 aliphatic carbocycles. The van der Waals surface area contributed by atoms with Crippen LogP contribution in [0.2, 0.25) is 0 Å². The van der Waals surface area contributed by atoms with Crippen LogP contribution >= 0.6 is 0 Å². The van der Waals surface area contributed by atoms with Crippen LogP contribution in [0.25, 0.3) is 0 Å². The van der Waals surface area contributed by atoms with E-state index in [9.17, 15) is 14.9 Å². The van der Waals surface area contributed by atoms with Crippen molar-refractivity contribution in [2.45, 2.75) is 25.8 Å². The van der Waals surface area contributed by atoms with Gasteiger partial charge in [-0.3, -0.25) is 14.9 Å². The number of ether oxygens (including phenoxy) is 1. The van der Waals surface area contributed by atoms with Gasteiger partial charge in [0, 0.05) is 24.2 Å². The van der Waals surface area contributed by atoms with E-state index in [4.69, 9.17) is 4.74 Å². The van der Waals surface area contributed by atoms with Crippen molar-refractivity contribution in [2.24, 2.45) is 0 Å². The van der Waals surface area contributed by atoms with Gasteiger partial charge in [-0.2, -0.15) is 0 Å². The topological polar surface area (TPSA) is 72.7 Å². The van der Waals surface area contributed by atoms with E-state index >= 15 is 0 Å². The molecule has 0 amide bonds. The van der Waals surface area contributed by atoms with Crippen molar-refractivity contribution in [2.75, 3.05) is 20.2 Å². The molecule has 0 aromatic heterocycles. The van der Waals surface area contributed by atoms with Crippen LogP contribution in [0, 0.1) is 10.1 Å². The van der Waals surface area contributed by atoms with E-state index in [1.54, 1.807) is 6.07 Å². The highest BCUT2D eigenvalue weighted by atomic mass is 16.6. The molecule has 1 saturated carbocycles. The molecule has 6 nitrogen and oxygen atoms in total. The van der Waals surface area contributed by atoms with Gasteiger partial charge in [-0.15, -0.1) is 0 Å². The summed E-state index contributed by atoms with van der Waals surface area (Å²) in [6.45, 7) is 2.51. The molecule has 1 aromatic rings. The van der Waals surface area contributed by atoms with E-state index in [1.165, 1.54) is 31.9 Å². The first kappa shape index (κ1) is 14.5. The Balaban J connectivity index is 2.02. The van der Waals surface area contributed by atoms with Crippen LogP contribution in [0.1, 0.15) is 30.1 Å². The quantitative estimate of drug-likeness (QED) is 0.434. The molecule has 0 atom stereocenters. The van der Waals surface area contributed by atoms with Crippen LogP contribution in [0.15, 0.2) is 18.2 Å². The fourth-order valence-electron chi connectivity index (χ4n) is 2.00. The van der Waals surface area contributed by atoms with Crippen LogP contribution in [0.3, 0.4) is 0 Å². The number of ketones is 1. The monoisotopic (exact) mass is 278 g/mol. The molecule has 0 heterocycles. The molecule has 0 spiro atoms. The van der Waals surface area contributed by atoms with Crippen molar-refractivity contribution in [3.8, 4) is 5.75 Å². The van der Waals surface area contributed by atoms with Gasteiger partial charge in [0.2, 0.25) is 0 Å². The molecule has 0 aliphatic heterocycles. The van der Waals surface area contributed by atoms with E-state index in [1.807, 2.05) is 7.05 Å². The molecule has 0 N–H and O–H groups in total. The standard InChI is InChI=1S/C14H18N2O4/c1-10(17)11-3-6-14(13(9-11)16(18)19)20-8-7-15(2)12-4-5-12/h3,6,9,12H,4-5,7-8H2,1-2H3. The molecule has 0 unspecified atom stereocenters. The average Bonchev–Trinajstić information content (AvgIpc) is 3.22. The normalized spacial score (nSPS) is 14.3. The second-order valence-electron chi connectivity index (χ2n) is 5.06. The summed E-state index contributed by atoms with van der Waals surface area (Å²) in [7, 11) is 2.02. The van der Waals surface area contributed by atoms with Crippen molar-refractivity contribution in [1.82, 2.24) is 4.90 Å². The third-order valence-corrected chi connectivity index (χ3v) is 3.43. The van der Waals surface area contributed by atoms with E-state index in [2.05, 4.69) is 4.90 Å². The second kappa shape index (κ2) is 6.00. The summed E-state index contributed by atoms with van der Waals surface area (Å²) in [4.78, 5) is 23.9. The molecular formula is C14H18N2O4. The smallest absolute Gasteiger partial charge is 0.311 e. The van der Waals surface area contributed by atoms with Crippen molar-refractivity contribution in [3.05, 3.63) is 33.9 Å². The predicted octanol–water partition coefficient (Wildman–Crippen LogP) is 2.27. The lowest BCUT2D eigenvalue weighted by Gasteiger charge is -2.15. The summed E-state index contributed by atoms with van der Waals surface area (Å²) in [6.07, 6.45) is 2.42. The van der Waals surface area contributed by atoms with Crippen LogP contribution < -0.4 is 4.74 Å². The molecule has 2 rings (SSSR count). The van der Waals surface area contributed by atoms with Crippen molar-refractivity contribution in [3.63, 3.8) is 0 Å². The molecule has 0 bridgehead atoms. The highest BCUT2D eigenvalue weighted by molar-refractivity contribution is 5.95. The van der Waals surface area contributed by atoms with E-state index in [0.717, 1.165) is 6.54 Å². The maximum absolute atomic E-state index is 11.2. The fraction of sp³-hybridized carbons (Fsp3) is 0.500. The Hall–Kier alpha value is -1.95. The molecule has 6 heteroatoms. The Morgan fingerprint density at radius 3 is 2.75 bits per heavy atom. The Kier molecular flexibility index (Phi) is 4.34. The largest absolute Gasteiger partial charge is 0.485 e. The van der Waals surface area contributed by atoms with Crippen LogP contribution in [0.4, 0.5) is 5.69 Å². The number of benzene rings is 1. The zero-order chi connectivity index (χ0) is 14.7. The number of rotatable bonds is 7. The Morgan fingerprint density at radius 1 is 1.50 bits per heavy atom. The summed E-state index contributed by atoms with van der Waals surface area (Å²) < 4.78 is 5.49. The fourth-order valence-corrected chi connectivity index (χ4v) is 2.00. The van der Waals surface area contributed by atoms with Crippen LogP contribution in [-0.2, 0) is 0 Å². The summed E-state index contributed by atoms with van der Waals surface area (Å²) in [6, 6.07) is 4.94.